The average Bonchev–Trinajstić information content (AvgIpc) is 2.54. The summed E-state index contributed by atoms with van der Waals surface area (Å²) in [5.41, 5.74) is 1.39. The van der Waals surface area contributed by atoms with E-state index in [1.165, 1.54) is 18.3 Å². The number of hydrogen-bond donors (Lipinski definition) is 3. The second kappa shape index (κ2) is 7.20. The highest BCUT2D eigenvalue weighted by atomic mass is 35.5. The number of carboxylic acid groups (broad SMARTS) is 1. The molecule has 0 radical (unpaired) electrons. The molecule has 22 heavy (non-hydrogen) atoms. The van der Waals surface area contributed by atoms with Crippen LogP contribution in [0.1, 0.15) is 23.7 Å². The van der Waals surface area contributed by atoms with Gasteiger partial charge >= 0.3 is 5.97 Å². The monoisotopic (exact) mass is 321 g/mol. The molecule has 0 aliphatic heterocycles. The predicted molar refractivity (Wildman–Crippen MR) is 84.2 cm³/mol. The van der Waals surface area contributed by atoms with E-state index in [1.54, 1.807) is 12.1 Å². The van der Waals surface area contributed by atoms with Crippen LogP contribution >= 0.6 is 11.6 Å². The van der Waals surface area contributed by atoms with Crippen LogP contribution < -0.4 is 5.32 Å². The molecular weight excluding hydrogens is 306 g/mol. The molecule has 0 spiro atoms. The van der Waals surface area contributed by atoms with Crippen LogP contribution in [0.3, 0.4) is 0 Å². The third kappa shape index (κ3) is 3.72. The number of halogens is 1. The summed E-state index contributed by atoms with van der Waals surface area (Å²) >= 11 is 6.12. The fourth-order valence-electron chi connectivity index (χ4n) is 1.87. The minimum absolute atomic E-state index is 0.0227. The molecule has 7 heteroatoms. The summed E-state index contributed by atoms with van der Waals surface area (Å²) in [4.78, 5) is 19.3. The van der Waals surface area contributed by atoms with E-state index in [-0.39, 0.29) is 18.2 Å². The molecule has 2 rings (SSSR count). The summed E-state index contributed by atoms with van der Waals surface area (Å²) in [5.74, 6) is -0.626. The quantitative estimate of drug-likeness (QED) is 0.757. The Morgan fingerprint density at radius 2 is 2.05 bits per heavy atom. The molecule has 116 valence electrons. The summed E-state index contributed by atoms with van der Waals surface area (Å²) in [5, 5.41) is 21.5. The van der Waals surface area contributed by atoms with Crippen molar-refractivity contribution in [2.75, 3.05) is 11.9 Å². The molecule has 2 aromatic rings. The summed E-state index contributed by atoms with van der Waals surface area (Å²) in [6.07, 6.45) is 2.20. The first kappa shape index (κ1) is 16.2. The Kier molecular flexibility index (Phi) is 5.30. The molecule has 1 aromatic heterocycles. The summed E-state index contributed by atoms with van der Waals surface area (Å²) in [6, 6.07) is 6.14. The van der Waals surface area contributed by atoms with Crippen molar-refractivity contribution < 1.29 is 15.0 Å². The van der Waals surface area contributed by atoms with Crippen LogP contribution in [0.15, 0.2) is 30.5 Å². The van der Waals surface area contributed by atoms with Gasteiger partial charge in [0.05, 0.1) is 35.1 Å². The highest BCUT2D eigenvalue weighted by molar-refractivity contribution is 6.32. The van der Waals surface area contributed by atoms with Crippen LogP contribution in [-0.2, 0) is 0 Å². The molecule has 1 heterocycles. The zero-order valence-electron chi connectivity index (χ0n) is 12.0. The Labute approximate surface area is 132 Å². The number of nitrogens with zero attached hydrogens (tertiary/aromatic N) is 2. The van der Waals surface area contributed by atoms with Gasteiger partial charge in [0.1, 0.15) is 0 Å². The first-order valence-corrected chi connectivity index (χ1v) is 7.16. The molecule has 0 saturated heterocycles. The van der Waals surface area contributed by atoms with Crippen LogP contribution in [-0.4, -0.2) is 38.8 Å². The maximum atomic E-state index is 10.9. The largest absolute Gasteiger partial charge is 0.478 e. The van der Waals surface area contributed by atoms with Gasteiger partial charge in [0.15, 0.2) is 0 Å². The van der Waals surface area contributed by atoms with Gasteiger partial charge in [-0.2, -0.15) is 0 Å². The van der Waals surface area contributed by atoms with E-state index >= 15 is 0 Å². The van der Waals surface area contributed by atoms with E-state index < -0.39 is 5.97 Å². The second-order valence-electron chi connectivity index (χ2n) is 4.70. The summed E-state index contributed by atoms with van der Waals surface area (Å²) in [7, 11) is 0. The molecule has 3 N–H and O–H groups in total. The highest BCUT2D eigenvalue weighted by Gasteiger charge is 2.12. The molecule has 0 aliphatic carbocycles. The fourth-order valence-corrected chi connectivity index (χ4v) is 2.07. The third-order valence-electron chi connectivity index (χ3n) is 3.20. The van der Waals surface area contributed by atoms with E-state index in [1.807, 2.05) is 6.92 Å². The normalized spacial score (nSPS) is 12.0. The van der Waals surface area contributed by atoms with Crippen molar-refractivity contribution in [3.63, 3.8) is 0 Å². The van der Waals surface area contributed by atoms with Crippen molar-refractivity contribution in [2.24, 2.45) is 0 Å². The fraction of sp³-hybridized carbons (Fsp3) is 0.267. The van der Waals surface area contributed by atoms with E-state index in [0.717, 1.165) is 6.42 Å². The standard InChI is InChI=1S/C15H16ClN3O3/c1-2-11(8-20)18-15-17-7-12(16)13(19-15)9-3-5-10(6-4-9)14(21)22/h3-7,11,20H,2,8H2,1H3,(H,21,22)(H,17,18,19). The Bertz CT molecular complexity index is 658. The molecule has 6 nitrogen and oxygen atoms in total. The molecular formula is C15H16ClN3O3. The number of hydrogen-bond acceptors (Lipinski definition) is 5. The molecule has 0 bridgehead atoms. The maximum absolute atomic E-state index is 10.9. The first-order valence-electron chi connectivity index (χ1n) is 6.78. The van der Waals surface area contributed by atoms with Gasteiger partial charge < -0.3 is 15.5 Å². The number of aliphatic hydroxyl groups is 1. The van der Waals surface area contributed by atoms with E-state index in [4.69, 9.17) is 16.7 Å². The molecule has 1 unspecified atom stereocenters. The van der Waals surface area contributed by atoms with Gasteiger partial charge in [-0.3, -0.25) is 0 Å². The Morgan fingerprint density at radius 1 is 1.36 bits per heavy atom. The van der Waals surface area contributed by atoms with Gasteiger partial charge in [-0.25, -0.2) is 14.8 Å². The Balaban J connectivity index is 2.31. The highest BCUT2D eigenvalue weighted by Crippen LogP contribution is 2.26. The van der Waals surface area contributed by atoms with E-state index in [2.05, 4.69) is 15.3 Å². The molecule has 0 aliphatic rings. The van der Waals surface area contributed by atoms with Gasteiger partial charge in [-0.05, 0) is 18.6 Å². The van der Waals surface area contributed by atoms with Gasteiger partial charge in [0.25, 0.3) is 0 Å². The lowest BCUT2D eigenvalue weighted by molar-refractivity contribution is 0.0697. The number of aromatic nitrogens is 2. The zero-order chi connectivity index (χ0) is 16.1. The zero-order valence-corrected chi connectivity index (χ0v) is 12.7. The number of nitrogens with one attached hydrogen (secondary N) is 1. The SMILES string of the molecule is CCC(CO)Nc1ncc(Cl)c(-c2ccc(C(=O)O)cc2)n1. The topological polar surface area (TPSA) is 95.3 Å². The number of carbonyl (C=O) groups is 1. The van der Waals surface area contributed by atoms with Crippen LogP contribution in [0.5, 0.6) is 0 Å². The van der Waals surface area contributed by atoms with Gasteiger partial charge in [0, 0.05) is 5.56 Å². The van der Waals surface area contributed by atoms with Gasteiger partial charge in [-0.15, -0.1) is 0 Å². The lowest BCUT2D eigenvalue weighted by atomic mass is 10.1. The van der Waals surface area contributed by atoms with Crippen molar-refractivity contribution >= 4 is 23.5 Å². The maximum Gasteiger partial charge on any atom is 0.335 e. The minimum Gasteiger partial charge on any atom is -0.478 e. The van der Waals surface area contributed by atoms with Crippen LogP contribution in [0.25, 0.3) is 11.3 Å². The van der Waals surface area contributed by atoms with Crippen LogP contribution in [0.4, 0.5) is 5.95 Å². The number of aromatic carboxylic acids is 1. The van der Waals surface area contributed by atoms with Crippen molar-refractivity contribution in [2.45, 2.75) is 19.4 Å². The lowest BCUT2D eigenvalue weighted by Gasteiger charge is -2.14. The van der Waals surface area contributed by atoms with Crippen molar-refractivity contribution in [3.05, 3.63) is 41.0 Å². The number of anilines is 1. The van der Waals surface area contributed by atoms with Crippen LogP contribution in [0.2, 0.25) is 5.02 Å². The molecule has 0 fully saturated rings. The van der Waals surface area contributed by atoms with Crippen molar-refractivity contribution in [1.29, 1.82) is 0 Å². The number of rotatable bonds is 6. The van der Waals surface area contributed by atoms with Crippen molar-refractivity contribution in [1.82, 2.24) is 9.97 Å². The first-order chi connectivity index (χ1) is 10.5. The predicted octanol–water partition coefficient (Wildman–Crippen LogP) is 2.68. The van der Waals surface area contributed by atoms with Gasteiger partial charge in [-0.1, -0.05) is 30.7 Å². The van der Waals surface area contributed by atoms with Crippen LogP contribution in [0, 0.1) is 0 Å². The Morgan fingerprint density at radius 3 is 2.59 bits per heavy atom. The summed E-state index contributed by atoms with van der Waals surface area (Å²) in [6.45, 7) is 1.92. The van der Waals surface area contributed by atoms with Gasteiger partial charge in [0.2, 0.25) is 5.95 Å². The van der Waals surface area contributed by atoms with E-state index in [0.29, 0.717) is 22.2 Å². The number of carboxylic acids is 1. The smallest absolute Gasteiger partial charge is 0.335 e. The number of aliphatic hydroxyl groups excluding tert-OH is 1. The van der Waals surface area contributed by atoms with Crippen molar-refractivity contribution in [3.8, 4) is 11.3 Å². The van der Waals surface area contributed by atoms with E-state index in [9.17, 15) is 9.90 Å². The Hall–Kier alpha value is -2.18. The lowest BCUT2D eigenvalue weighted by Crippen LogP contribution is -2.23. The molecule has 0 amide bonds. The molecule has 0 saturated carbocycles. The average molecular weight is 322 g/mol. The summed E-state index contributed by atoms with van der Waals surface area (Å²) < 4.78 is 0. The molecule has 1 atom stereocenters. The minimum atomic E-state index is -0.989. The second-order valence-corrected chi connectivity index (χ2v) is 5.11. The third-order valence-corrected chi connectivity index (χ3v) is 3.47. The number of benzene rings is 1. The molecule has 1 aromatic carbocycles.